The quantitative estimate of drug-likeness (QED) is 0.775. The van der Waals surface area contributed by atoms with E-state index in [0.717, 1.165) is 0 Å². The largest absolute Gasteiger partial charge is 0.377 e. The first-order valence-electron chi connectivity index (χ1n) is 7.02. The molecule has 2 heterocycles. The third-order valence-electron chi connectivity index (χ3n) is 3.45. The zero-order valence-electron chi connectivity index (χ0n) is 12.6. The summed E-state index contributed by atoms with van der Waals surface area (Å²) in [6, 6.07) is 0. The lowest BCUT2D eigenvalue weighted by molar-refractivity contribution is 0.174. The number of rotatable bonds is 6. The van der Waals surface area contributed by atoms with Crippen LogP contribution in [0.5, 0.6) is 0 Å². The summed E-state index contributed by atoms with van der Waals surface area (Å²) in [5.74, 6) is 0.602. The van der Waals surface area contributed by atoms with Crippen molar-refractivity contribution in [3.8, 4) is 0 Å². The molecule has 0 fully saturated rings. The van der Waals surface area contributed by atoms with Gasteiger partial charge in [0.15, 0.2) is 11.2 Å². The molecule has 21 heavy (non-hydrogen) atoms. The number of imidazole rings is 1. The van der Waals surface area contributed by atoms with Crippen LogP contribution in [-0.4, -0.2) is 32.3 Å². The summed E-state index contributed by atoms with van der Waals surface area (Å²) in [4.78, 5) is 29.3. The van der Waals surface area contributed by atoms with Gasteiger partial charge in [-0.2, -0.15) is 0 Å². The Kier molecular flexibility index (Phi) is 4.59. The maximum absolute atomic E-state index is 12.6. The molecule has 0 bridgehead atoms. The molecule has 2 aromatic rings. The molecule has 0 atom stereocenters. The van der Waals surface area contributed by atoms with Gasteiger partial charge >= 0.3 is 5.69 Å². The molecule has 0 aliphatic carbocycles. The van der Waals surface area contributed by atoms with E-state index in [0.29, 0.717) is 43.2 Å². The highest BCUT2D eigenvalue weighted by molar-refractivity contribution is 5.71. The minimum Gasteiger partial charge on any atom is -0.377 e. The number of nitrogens with two attached hydrogens (primary N) is 1. The molecule has 116 valence electrons. The van der Waals surface area contributed by atoms with Crippen LogP contribution in [0.1, 0.15) is 19.7 Å². The first kappa shape index (κ1) is 15.5. The normalized spacial score (nSPS) is 11.4. The number of nitrogens with zero attached hydrogens (tertiary/aromatic N) is 4. The molecule has 0 saturated carbocycles. The van der Waals surface area contributed by atoms with Gasteiger partial charge in [-0.3, -0.25) is 13.9 Å². The summed E-state index contributed by atoms with van der Waals surface area (Å²) < 4.78 is 9.60. The minimum atomic E-state index is -0.334. The SMILES string of the molecule is CCn1c(=O)c2c(nc(COC)n2CCN)n(CC)c1=O. The standard InChI is InChI=1S/C13H21N5O3/c1-4-16-11-10(12(19)17(5-2)13(16)20)18(7-6-14)9(15-11)8-21-3/h4-8,14H2,1-3H3. The Bertz CT molecular complexity index is 756. The van der Waals surface area contributed by atoms with Crippen molar-refractivity contribution in [2.75, 3.05) is 13.7 Å². The van der Waals surface area contributed by atoms with Gasteiger partial charge in [0.25, 0.3) is 5.56 Å². The summed E-state index contributed by atoms with van der Waals surface area (Å²) in [7, 11) is 1.56. The zero-order chi connectivity index (χ0) is 15.6. The fourth-order valence-corrected chi connectivity index (χ4v) is 2.51. The second kappa shape index (κ2) is 6.23. The Balaban J connectivity index is 2.94. The average molecular weight is 295 g/mol. The maximum Gasteiger partial charge on any atom is 0.332 e. The van der Waals surface area contributed by atoms with Crippen LogP contribution in [-0.2, 0) is 31.0 Å². The van der Waals surface area contributed by atoms with Crippen molar-refractivity contribution in [2.24, 2.45) is 5.73 Å². The average Bonchev–Trinajstić information content (AvgIpc) is 2.80. The van der Waals surface area contributed by atoms with E-state index in [2.05, 4.69) is 4.98 Å². The molecule has 0 aliphatic heterocycles. The van der Waals surface area contributed by atoms with Crippen LogP contribution in [0.3, 0.4) is 0 Å². The molecule has 2 aromatic heterocycles. The van der Waals surface area contributed by atoms with Crippen molar-refractivity contribution in [3.05, 3.63) is 26.7 Å². The maximum atomic E-state index is 12.6. The number of methoxy groups -OCH3 is 1. The number of fused-ring (bicyclic) bond motifs is 1. The highest BCUT2D eigenvalue weighted by Gasteiger charge is 2.19. The van der Waals surface area contributed by atoms with E-state index in [9.17, 15) is 9.59 Å². The second-order valence-corrected chi connectivity index (χ2v) is 4.65. The first-order valence-corrected chi connectivity index (χ1v) is 7.02. The third kappa shape index (κ3) is 2.40. The van der Waals surface area contributed by atoms with Gasteiger partial charge in [0.05, 0.1) is 0 Å². The van der Waals surface area contributed by atoms with E-state index in [-0.39, 0.29) is 17.9 Å². The van der Waals surface area contributed by atoms with Crippen LogP contribution in [0.4, 0.5) is 0 Å². The molecule has 8 heteroatoms. The second-order valence-electron chi connectivity index (χ2n) is 4.65. The lowest BCUT2D eigenvalue weighted by Gasteiger charge is -2.10. The van der Waals surface area contributed by atoms with Gasteiger partial charge in [0.2, 0.25) is 0 Å². The molecule has 0 unspecified atom stereocenters. The van der Waals surface area contributed by atoms with Crippen LogP contribution in [0.2, 0.25) is 0 Å². The molecule has 0 aromatic carbocycles. The molecular weight excluding hydrogens is 274 g/mol. The fourth-order valence-electron chi connectivity index (χ4n) is 2.51. The van der Waals surface area contributed by atoms with E-state index in [4.69, 9.17) is 10.5 Å². The number of ether oxygens (including phenoxy) is 1. The van der Waals surface area contributed by atoms with Crippen LogP contribution in [0.25, 0.3) is 11.2 Å². The van der Waals surface area contributed by atoms with E-state index in [1.807, 2.05) is 6.92 Å². The van der Waals surface area contributed by atoms with Gasteiger partial charge in [0, 0.05) is 33.3 Å². The summed E-state index contributed by atoms with van der Waals surface area (Å²) >= 11 is 0. The van der Waals surface area contributed by atoms with E-state index < -0.39 is 0 Å². The van der Waals surface area contributed by atoms with E-state index in [1.54, 1.807) is 18.6 Å². The Morgan fingerprint density at radius 2 is 1.81 bits per heavy atom. The van der Waals surface area contributed by atoms with Crippen molar-refractivity contribution in [1.82, 2.24) is 18.7 Å². The molecule has 0 radical (unpaired) electrons. The third-order valence-corrected chi connectivity index (χ3v) is 3.45. The molecule has 0 amide bonds. The molecule has 2 N–H and O–H groups in total. The van der Waals surface area contributed by atoms with Gasteiger partial charge < -0.3 is 15.0 Å². The summed E-state index contributed by atoms with van der Waals surface area (Å²) in [6.07, 6.45) is 0. The lowest BCUT2D eigenvalue weighted by atomic mass is 10.4. The van der Waals surface area contributed by atoms with Crippen molar-refractivity contribution >= 4 is 11.2 Å². The predicted molar refractivity (Wildman–Crippen MR) is 79.4 cm³/mol. The number of hydrogen-bond acceptors (Lipinski definition) is 5. The Morgan fingerprint density at radius 1 is 1.14 bits per heavy atom. The van der Waals surface area contributed by atoms with E-state index >= 15 is 0 Å². The molecule has 0 spiro atoms. The highest BCUT2D eigenvalue weighted by atomic mass is 16.5. The van der Waals surface area contributed by atoms with Crippen LogP contribution >= 0.6 is 0 Å². The molecule has 0 saturated heterocycles. The number of hydrogen-bond donors (Lipinski definition) is 1. The number of aromatic nitrogens is 4. The summed E-state index contributed by atoms with van der Waals surface area (Å²) in [5, 5.41) is 0. The van der Waals surface area contributed by atoms with Gasteiger partial charge in [-0.1, -0.05) is 0 Å². The highest BCUT2D eigenvalue weighted by Crippen LogP contribution is 2.12. The van der Waals surface area contributed by atoms with Crippen molar-refractivity contribution < 1.29 is 4.74 Å². The summed E-state index contributed by atoms with van der Waals surface area (Å²) in [5.41, 5.74) is 5.78. The Labute approximate surface area is 121 Å². The Morgan fingerprint density at radius 3 is 2.33 bits per heavy atom. The minimum absolute atomic E-state index is 0.262. The van der Waals surface area contributed by atoms with Crippen molar-refractivity contribution in [1.29, 1.82) is 0 Å². The fraction of sp³-hybridized carbons (Fsp3) is 0.615. The van der Waals surface area contributed by atoms with E-state index in [1.165, 1.54) is 9.13 Å². The predicted octanol–water partition coefficient (Wildman–Crippen LogP) is -0.495. The van der Waals surface area contributed by atoms with Gasteiger partial charge in [0.1, 0.15) is 12.4 Å². The summed E-state index contributed by atoms with van der Waals surface area (Å²) in [6.45, 7) is 5.48. The monoisotopic (exact) mass is 295 g/mol. The van der Waals surface area contributed by atoms with Gasteiger partial charge in [-0.15, -0.1) is 0 Å². The molecule has 2 rings (SSSR count). The number of aryl methyl sites for hydroxylation is 1. The van der Waals surface area contributed by atoms with Gasteiger partial charge in [-0.25, -0.2) is 9.78 Å². The topological polar surface area (TPSA) is 97.1 Å². The van der Waals surface area contributed by atoms with Crippen LogP contribution in [0.15, 0.2) is 9.59 Å². The molecule has 0 aliphatic rings. The van der Waals surface area contributed by atoms with Crippen LogP contribution in [0, 0.1) is 0 Å². The van der Waals surface area contributed by atoms with Crippen molar-refractivity contribution in [2.45, 2.75) is 40.1 Å². The Hall–Kier alpha value is -1.93. The molecular formula is C13H21N5O3. The molecule has 8 nitrogen and oxygen atoms in total. The first-order chi connectivity index (χ1) is 10.1. The zero-order valence-corrected chi connectivity index (χ0v) is 12.6. The smallest absolute Gasteiger partial charge is 0.332 e. The van der Waals surface area contributed by atoms with Crippen molar-refractivity contribution in [3.63, 3.8) is 0 Å². The van der Waals surface area contributed by atoms with Gasteiger partial charge in [-0.05, 0) is 13.8 Å². The van der Waals surface area contributed by atoms with Crippen LogP contribution < -0.4 is 17.0 Å². The lowest BCUT2D eigenvalue weighted by Crippen LogP contribution is -2.40.